The van der Waals surface area contributed by atoms with E-state index in [2.05, 4.69) is 28.2 Å². The first-order chi connectivity index (χ1) is 8.58. The molecule has 5 heteroatoms. The van der Waals surface area contributed by atoms with Crippen molar-refractivity contribution < 1.29 is 9.18 Å². The van der Waals surface area contributed by atoms with Gasteiger partial charge in [0.1, 0.15) is 5.82 Å². The van der Waals surface area contributed by atoms with Gasteiger partial charge in [-0.2, -0.15) is 0 Å². The Morgan fingerprint density at radius 2 is 2.28 bits per heavy atom. The molecule has 3 nitrogen and oxygen atoms in total. The highest BCUT2D eigenvalue weighted by molar-refractivity contribution is 9.10. The fourth-order valence-electron chi connectivity index (χ4n) is 1.61. The van der Waals surface area contributed by atoms with Crippen LogP contribution in [0.15, 0.2) is 22.7 Å². The molecule has 3 N–H and O–H groups in total. The van der Waals surface area contributed by atoms with E-state index in [1.807, 2.05) is 0 Å². The highest BCUT2D eigenvalue weighted by Gasteiger charge is 2.13. The van der Waals surface area contributed by atoms with Gasteiger partial charge in [-0.1, -0.05) is 19.8 Å². The van der Waals surface area contributed by atoms with E-state index in [4.69, 9.17) is 5.73 Å². The first-order valence-electron chi connectivity index (χ1n) is 6.04. The predicted molar refractivity (Wildman–Crippen MR) is 73.9 cm³/mol. The fraction of sp³-hybridized carbons (Fsp3) is 0.462. The van der Waals surface area contributed by atoms with Crippen molar-refractivity contribution in [1.82, 2.24) is 5.32 Å². The number of benzene rings is 1. The number of nitrogens with two attached hydrogens (primary N) is 1. The second-order valence-corrected chi connectivity index (χ2v) is 5.03. The molecule has 0 aliphatic heterocycles. The Kier molecular flexibility index (Phi) is 6.29. The quantitative estimate of drug-likeness (QED) is 0.848. The zero-order chi connectivity index (χ0) is 13.5. The zero-order valence-electron chi connectivity index (χ0n) is 10.4. The van der Waals surface area contributed by atoms with Crippen molar-refractivity contribution in [3.63, 3.8) is 0 Å². The first kappa shape index (κ1) is 15.1. The summed E-state index contributed by atoms with van der Waals surface area (Å²) in [6.07, 6.45) is 2.95. The van der Waals surface area contributed by atoms with Crippen molar-refractivity contribution in [2.45, 2.75) is 32.2 Å². The van der Waals surface area contributed by atoms with Crippen LogP contribution in [0, 0.1) is 5.82 Å². The molecule has 0 spiro atoms. The lowest BCUT2D eigenvalue weighted by atomic mass is 10.1. The van der Waals surface area contributed by atoms with Gasteiger partial charge in [-0.15, -0.1) is 0 Å². The average Bonchev–Trinajstić information content (AvgIpc) is 2.37. The monoisotopic (exact) mass is 316 g/mol. The Morgan fingerprint density at radius 3 is 2.83 bits per heavy atom. The lowest BCUT2D eigenvalue weighted by molar-refractivity contribution is 0.0935. The van der Waals surface area contributed by atoms with Crippen molar-refractivity contribution in [1.29, 1.82) is 0 Å². The molecule has 1 rings (SSSR count). The highest BCUT2D eigenvalue weighted by Crippen LogP contribution is 2.17. The molecule has 0 aliphatic carbocycles. The SMILES string of the molecule is CCCCC(CN)NC(=O)c1ccc(F)c(Br)c1. The van der Waals surface area contributed by atoms with Crippen molar-refractivity contribution in [3.05, 3.63) is 34.1 Å². The number of hydrogen-bond acceptors (Lipinski definition) is 2. The second-order valence-electron chi connectivity index (χ2n) is 4.18. The summed E-state index contributed by atoms with van der Waals surface area (Å²) in [6.45, 7) is 2.50. The molecule has 1 aromatic carbocycles. The lowest BCUT2D eigenvalue weighted by Crippen LogP contribution is -2.40. The molecule has 1 atom stereocenters. The summed E-state index contributed by atoms with van der Waals surface area (Å²) in [4.78, 5) is 11.9. The van der Waals surface area contributed by atoms with Crippen molar-refractivity contribution >= 4 is 21.8 Å². The van der Waals surface area contributed by atoms with E-state index in [1.54, 1.807) is 0 Å². The minimum atomic E-state index is -0.382. The maximum Gasteiger partial charge on any atom is 0.251 e. The summed E-state index contributed by atoms with van der Waals surface area (Å²) in [7, 11) is 0. The van der Waals surface area contributed by atoms with E-state index in [9.17, 15) is 9.18 Å². The van der Waals surface area contributed by atoms with Gasteiger partial charge in [0.05, 0.1) is 4.47 Å². The van der Waals surface area contributed by atoms with E-state index < -0.39 is 0 Å². The van der Waals surface area contributed by atoms with E-state index in [1.165, 1.54) is 18.2 Å². The molecular formula is C13H18BrFN2O. The van der Waals surface area contributed by atoms with Gasteiger partial charge in [-0.05, 0) is 40.5 Å². The highest BCUT2D eigenvalue weighted by atomic mass is 79.9. The molecule has 1 amide bonds. The Bertz CT molecular complexity index is 412. The number of nitrogens with one attached hydrogen (secondary N) is 1. The third-order valence-electron chi connectivity index (χ3n) is 2.71. The number of unbranched alkanes of at least 4 members (excludes halogenated alkanes) is 1. The van der Waals surface area contributed by atoms with E-state index in [-0.39, 0.29) is 22.2 Å². The van der Waals surface area contributed by atoms with Gasteiger partial charge < -0.3 is 11.1 Å². The summed E-state index contributed by atoms with van der Waals surface area (Å²) < 4.78 is 13.3. The van der Waals surface area contributed by atoms with Crippen LogP contribution in [0.4, 0.5) is 4.39 Å². The molecule has 1 aromatic rings. The molecule has 0 radical (unpaired) electrons. The molecule has 18 heavy (non-hydrogen) atoms. The zero-order valence-corrected chi connectivity index (χ0v) is 12.0. The first-order valence-corrected chi connectivity index (χ1v) is 6.83. The Balaban J connectivity index is 2.65. The number of hydrogen-bond donors (Lipinski definition) is 2. The number of carbonyl (C=O) groups is 1. The van der Waals surface area contributed by atoms with Crippen LogP contribution in [0.1, 0.15) is 36.5 Å². The minimum Gasteiger partial charge on any atom is -0.348 e. The second kappa shape index (κ2) is 7.48. The maximum atomic E-state index is 13.1. The number of halogens is 2. The third kappa shape index (κ3) is 4.38. The van der Waals surface area contributed by atoms with Crippen molar-refractivity contribution in [3.8, 4) is 0 Å². The van der Waals surface area contributed by atoms with E-state index in [0.29, 0.717) is 12.1 Å². The third-order valence-corrected chi connectivity index (χ3v) is 3.32. The molecular weight excluding hydrogens is 299 g/mol. The summed E-state index contributed by atoms with van der Waals surface area (Å²) in [6, 6.07) is 4.17. The molecule has 100 valence electrons. The van der Waals surface area contributed by atoms with Crippen LogP contribution in [-0.2, 0) is 0 Å². The van der Waals surface area contributed by atoms with Gasteiger partial charge in [-0.25, -0.2) is 4.39 Å². The normalized spacial score (nSPS) is 12.2. The van der Waals surface area contributed by atoms with Crippen LogP contribution < -0.4 is 11.1 Å². The number of amides is 1. The van der Waals surface area contributed by atoms with Gasteiger partial charge in [0, 0.05) is 18.2 Å². The molecule has 1 unspecified atom stereocenters. The van der Waals surface area contributed by atoms with Crippen molar-refractivity contribution in [2.24, 2.45) is 5.73 Å². The Hall–Kier alpha value is -0.940. The number of carbonyl (C=O) groups excluding carboxylic acids is 1. The van der Waals surface area contributed by atoms with Crippen molar-refractivity contribution in [2.75, 3.05) is 6.54 Å². The van der Waals surface area contributed by atoms with Gasteiger partial charge in [0.15, 0.2) is 0 Å². The van der Waals surface area contributed by atoms with Gasteiger partial charge in [0.2, 0.25) is 0 Å². The smallest absolute Gasteiger partial charge is 0.251 e. The van der Waals surface area contributed by atoms with Crippen LogP contribution >= 0.6 is 15.9 Å². The molecule has 0 bridgehead atoms. The standard InChI is InChI=1S/C13H18BrFN2O/c1-2-3-4-10(8-16)17-13(18)9-5-6-12(15)11(14)7-9/h5-7,10H,2-4,8,16H2,1H3,(H,17,18). The predicted octanol–water partition coefficient (Wildman–Crippen LogP) is 2.84. The van der Waals surface area contributed by atoms with Crippen LogP contribution in [0.2, 0.25) is 0 Å². The van der Waals surface area contributed by atoms with E-state index in [0.717, 1.165) is 19.3 Å². The van der Waals surface area contributed by atoms with Gasteiger partial charge in [0.25, 0.3) is 5.91 Å². The van der Waals surface area contributed by atoms with Gasteiger partial charge >= 0.3 is 0 Å². The molecule has 0 aliphatic rings. The summed E-state index contributed by atoms with van der Waals surface area (Å²) in [5.74, 6) is -0.602. The lowest BCUT2D eigenvalue weighted by Gasteiger charge is -2.16. The largest absolute Gasteiger partial charge is 0.348 e. The topological polar surface area (TPSA) is 55.1 Å². The van der Waals surface area contributed by atoms with Crippen LogP contribution in [0.25, 0.3) is 0 Å². The van der Waals surface area contributed by atoms with Crippen LogP contribution in [-0.4, -0.2) is 18.5 Å². The van der Waals surface area contributed by atoms with Crippen LogP contribution in [0.3, 0.4) is 0 Å². The molecule has 0 fully saturated rings. The molecule has 0 aromatic heterocycles. The Morgan fingerprint density at radius 1 is 1.56 bits per heavy atom. The number of rotatable bonds is 6. The molecule has 0 saturated heterocycles. The van der Waals surface area contributed by atoms with Crippen LogP contribution in [0.5, 0.6) is 0 Å². The molecule has 0 saturated carbocycles. The Labute approximate surface area is 115 Å². The molecule has 0 heterocycles. The average molecular weight is 317 g/mol. The summed E-state index contributed by atoms with van der Waals surface area (Å²) >= 11 is 3.06. The van der Waals surface area contributed by atoms with E-state index >= 15 is 0 Å². The summed E-state index contributed by atoms with van der Waals surface area (Å²) in [5.41, 5.74) is 6.04. The fourth-order valence-corrected chi connectivity index (χ4v) is 1.98. The summed E-state index contributed by atoms with van der Waals surface area (Å²) in [5, 5.41) is 2.86. The van der Waals surface area contributed by atoms with Gasteiger partial charge in [-0.3, -0.25) is 4.79 Å². The minimum absolute atomic E-state index is 0.0266. The maximum absolute atomic E-state index is 13.1.